The van der Waals surface area contributed by atoms with Gasteiger partial charge in [0.25, 0.3) is 0 Å². The van der Waals surface area contributed by atoms with Crippen molar-refractivity contribution in [3.63, 3.8) is 0 Å². The Hall–Kier alpha value is -2.79. The van der Waals surface area contributed by atoms with Gasteiger partial charge in [0.2, 0.25) is 5.91 Å². The van der Waals surface area contributed by atoms with Crippen molar-refractivity contribution in [1.82, 2.24) is 0 Å². The molecule has 5 heteroatoms. The third kappa shape index (κ3) is 6.31. The lowest BCUT2D eigenvalue weighted by Crippen LogP contribution is -2.18. The van der Waals surface area contributed by atoms with E-state index in [0.29, 0.717) is 23.8 Å². The maximum Gasteiger partial charge on any atom is 0.250 e. The van der Waals surface area contributed by atoms with Crippen LogP contribution in [0, 0.1) is 0 Å². The van der Waals surface area contributed by atoms with Gasteiger partial charge in [0, 0.05) is 5.69 Å². The molecule has 0 saturated heterocycles. The van der Waals surface area contributed by atoms with Gasteiger partial charge < -0.3 is 19.5 Å². The Morgan fingerprint density at radius 3 is 2.44 bits per heavy atom. The molecule has 0 spiro atoms. The predicted molar refractivity (Wildman–Crippen MR) is 97.4 cm³/mol. The Morgan fingerprint density at radius 1 is 1.12 bits per heavy atom. The summed E-state index contributed by atoms with van der Waals surface area (Å²) in [5.74, 6) is 1.02. The first kappa shape index (κ1) is 18.5. The van der Waals surface area contributed by atoms with Crippen LogP contribution < -0.4 is 10.1 Å². The van der Waals surface area contributed by atoms with E-state index in [1.165, 1.54) is 0 Å². The second-order valence-corrected chi connectivity index (χ2v) is 5.48. The standard InChI is InChI=1S/C20H23NO4/c1-15(23-3)16(2)25-19-11-9-18(10-12-19)21-20(22)14-24-13-17-7-5-4-6-8-17/h4-12,16H,1,13-14H2,2-3H3,(H,21,22). The summed E-state index contributed by atoms with van der Waals surface area (Å²) in [6, 6.07) is 16.8. The molecule has 0 aromatic heterocycles. The Morgan fingerprint density at radius 2 is 1.80 bits per heavy atom. The number of ether oxygens (including phenoxy) is 3. The van der Waals surface area contributed by atoms with Gasteiger partial charge in [0.1, 0.15) is 18.1 Å². The number of carbonyl (C=O) groups excluding carboxylic acids is 1. The number of benzene rings is 2. The van der Waals surface area contributed by atoms with Gasteiger partial charge >= 0.3 is 0 Å². The summed E-state index contributed by atoms with van der Waals surface area (Å²) in [7, 11) is 1.56. The topological polar surface area (TPSA) is 56.8 Å². The van der Waals surface area contributed by atoms with Crippen molar-refractivity contribution in [3.05, 3.63) is 72.5 Å². The van der Waals surface area contributed by atoms with Crippen LogP contribution in [0.15, 0.2) is 66.9 Å². The first-order valence-corrected chi connectivity index (χ1v) is 7.99. The SMILES string of the molecule is C=C(OC)C(C)Oc1ccc(NC(=O)COCc2ccccc2)cc1. The van der Waals surface area contributed by atoms with E-state index in [2.05, 4.69) is 11.9 Å². The van der Waals surface area contributed by atoms with Crippen molar-refractivity contribution < 1.29 is 19.0 Å². The smallest absolute Gasteiger partial charge is 0.250 e. The van der Waals surface area contributed by atoms with Gasteiger partial charge in [-0.1, -0.05) is 36.9 Å². The van der Waals surface area contributed by atoms with E-state index >= 15 is 0 Å². The fourth-order valence-corrected chi connectivity index (χ4v) is 2.09. The van der Waals surface area contributed by atoms with Crippen LogP contribution in [0.1, 0.15) is 12.5 Å². The van der Waals surface area contributed by atoms with Crippen molar-refractivity contribution in [2.45, 2.75) is 19.6 Å². The van der Waals surface area contributed by atoms with Gasteiger partial charge in [-0.25, -0.2) is 0 Å². The Balaban J connectivity index is 1.76. The maximum absolute atomic E-state index is 11.9. The first-order chi connectivity index (χ1) is 12.1. The highest BCUT2D eigenvalue weighted by atomic mass is 16.5. The molecule has 2 aromatic rings. The van der Waals surface area contributed by atoms with Crippen LogP contribution in [-0.4, -0.2) is 25.7 Å². The first-order valence-electron chi connectivity index (χ1n) is 7.99. The molecule has 25 heavy (non-hydrogen) atoms. The molecule has 0 fully saturated rings. The van der Waals surface area contributed by atoms with Crippen LogP contribution in [0.3, 0.4) is 0 Å². The van der Waals surface area contributed by atoms with Crippen LogP contribution in [0.4, 0.5) is 5.69 Å². The Bertz CT molecular complexity index is 683. The fourth-order valence-electron chi connectivity index (χ4n) is 2.09. The number of methoxy groups -OCH3 is 1. The van der Waals surface area contributed by atoms with E-state index in [1.54, 1.807) is 31.4 Å². The Kier molecular flexibility index (Phi) is 7.04. The molecule has 0 aliphatic heterocycles. The zero-order valence-corrected chi connectivity index (χ0v) is 14.5. The molecule has 1 N–H and O–H groups in total. The minimum absolute atomic E-state index is 0.00214. The quantitative estimate of drug-likeness (QED) is 0.706. The number of hydrogen-bond acceptors (Lipinski definition) is 4. The van der Waals surface area contributed by atoms with Crippen molar-refractivity contribution in [1.29, 1.82) is 0 Å². The van der Waals surface area contributed by atoms with Gasteiger partial charge in [-0.05, 0) is 36.8 Å². The molecule has 0 aliphatic rings. The van der Waals surface area contributed by atoms with E-state index in [0.717, 1.165) is 5.56 Å². The van der Waals surface area contributed by atoms with Crippen LogP contribution in [0.2, 0.25) is 0 Å². The van der Waals surface area contributed by atoms with Crippen LogP contribution in [-0.2, 0) is 20.9 Å². The molecular formula is C20H23NO4. The highest BCUT2D eigenvalue weighted by Gasteiger charge is 2.09. The average Bonchev–Trinajstić information content (AvgIpc) is 2.63. The molecule has 1 unspecified atom stereocenters. The summed E-state index contributed by atoms with van der Waals surface area (Å²) in [5, 5.41) is 2.78. The third-order valence-electron chi connectivity index (χ3n) is 3.51. The summed E-state index contributed by atoms with van der Waals surface area (Å²) in [6.07, 6.45) is -0.253. The number of amides is 1. The van der Waals surface area contributed by atoms with Crippen LogP contribution >= 0.6 is 0 Å². The lowest BCUT2D eigenvalue weighted by atomic mass is 10.2. The fraction of sp³-hybridized carbons (Fsp3) is 0.250. The van der Waals surface area contributed by atoms with Gasteiger partial charge in [-0.15, -0.1) is 0 Å². The zero-order chi connectivity index (χ0) is 18.1. The average molecular weight is 341 g/mol. The van der Waals surface area contributed by atoms with E-state index in [4.69, 9.17) is 14.2 Å². The molecule has 0 heterocycles. The molecule has 2 aromatic carbocycles. The normalized spacial score (nSPS) is 11.4. The predicted octanol–water partition coefficient (Wildman–Crippen LogP) is 3.77. The van der Waals surface area contributed by atoms with E-state index < -0.39 is 0 Å². The maximum atomic E-state index is 11.9. The minimum Gasteiger partial charge on any atom is -0.498 e. The lowest BCUT2D eigenvalue weighted by Gasteiger charge is -2.16. The second kappa shape index (κ2) is 9.49. The largest absolute Gasteiger partial charge is 0.498 e. The third-order valence-corrected chi connectivity index (χ3v) is 3.51. The van der Waals surface area contributed by atoms with Gasteiger partial charge in [-0.2, -0.15) is 0 Å². The molecule has 0 radical (unpaired) electrons. The van der Waals surface area contributed by atoms with E-state index in [-0.39, 0.29) is 18.6 Å². The van der Waals surface area contributed by atoms with Crippen LogP contribution in [0.25, 0.3) is 0 Å². The number of anilines is 1. The summed E-state index contributed by atoms with van der Waals surface area (Å²) >= 11 is 0. The summed E-state index contributed by atoms with van der Waals surface area (Å²) in [4.78, 5) is 11.9. The van der Waals surface area contributed by atoms with Crippen molar-refractivity contribution in [2.75, 3.05) is 19.0 Å². The molecular weight excluding hydrogens is 318 g/mol. The highest BCUT2D eigenvalue weighted by molar-refractivity contribution is 5.91. The molecule has 0 aliphatic carbocycles. The molecule has 1 atom stereocenters. The number of nitrogens with one attached hydrogen (secondary N) is 1. The molecule has 2 rings (SSSR count). The number of carbonyl (C=O) groups is 1. The van der Waals surface area contributed by atoms with Crippen LogP contribution in [0.5, 0.6) is 5.75 Å². The molecule has 132 valence electrons. The van der Waals surface area contributed by atoms with Crippen molar-refractivity contribution in [2.24, 2.45) is 0 Å². The molecule has 0 saturated carbocycles. The van der Waals surface area contributed by atoms with E-state index in [1.807, 2.05) is 37.3 Å². The minimum atomic E-state index is -0.253. The zero-order valence-electron chi connectivity index (χ0n) is 14.5. The molecule has 1 amide bonds. The van der Waals surface area contributed by atoms with Gasteiger partial charge in [0.05, 0.1) is 13.7 Å². The Labute approximate surface area is 148 Å². The summed E-state index contributed by atoms with van der Waals surface area (Å²) < 4.78 is 16.1. The van der Waals surface area contributed by atoms with Gasteiger partial charge in [-0.3, -0.25) is 4.79 Å². The second-order valence-electron chi connectivity index (χ2n) is 5.48. The lowest BCUT2D eigenvalue weighted by molar-refractivity contribution is -0.121. The monoisotopic (exact) mass is 341 g/mol. The van der Waals surface area contributed by atoms with Crippen molar-refractivity contribution in [3.8, 4) is 5.75 Å². The number of rotatable bonds is 9. The van der Waals surface area contributed by atoms with Gasteiger partial charge in [0.15, 0.2) is 6.10 Å². The summed E-state index contributed by atoms with van der Waals surface area (Å²) in [6.45, 7) is 6.01. The number of hydrogen-bond donors (Lipinski definition) is 1. The summed E-state index contributed by atoms with van der Waals surface area (Å²) in [5.41, 5.74) is 1.71. The van der Waals surface area contributed by atoms with E-state index in [9.17, 15) is 4.79 Å². The molecule has 0 bridgehead atoms. The highest BCUT2D eigenvalue weighted by Crippen LogP contribution is 2.18. The molecule has 5 nitrogen and oxygen atoms in total. The van der Waals surface area contributed by atoms with Crippen molar-refractivity contribution >= 4 is 11.6 Å².